The van der Waals surface area contributed by atoms with Crippen LogP contribution >= 0.6 is 0 Å². The summed E-state index contributed by atoms with van der Waals surface area (Å²) >= 11 is 0. The van der Waals surface area contributed by atoms with E-state index in [0.717, 1.165) is 25.7 Å². The standard InChI is InChI=1S/C20H32N4O4/c1-15(25)22-9-11-23(12-10-22)18(26)7-8-21-20(28)16-13-19(27)24(14-16)17-5-3-2-4-6-17/h16-17H,2-14H2,1H3,(H,21,28). The van der Waals surface area contributed by atoms with Gasteiger partial charge in [0.2, 0.25) is 23.6 Å². The first-order valence-corrected chi connectivity index (χ1v) is 10.6. The predicted molar refractivity (Wildman–Crippen MR) is 103 cm³/mol. The molecule has 4 amide bonds. The van der Waals surface area contributed by atoms with Crippen LogP contribution in [0.2, 0.25) is 0 Å². The molecule has 3 rings (SSSR count). The molecular weight excluding hydrogens is 360 g/mol. The first-order valence-electron chi connectivity index (χ1n) is 10.6. The van der Waals surface area contributed by atoms with Crippen LogP contribution in [0.1, 0.15) is 51.9 Å². The number of carbonyl (C=O) groups is 4. The minimum absolute atomic E-state index is 0.00478. The topological polar surface area (TPSA) is 90.0 Å². The molecule has 0 spiro atoms. The van der Waals surface area contributed by atoms with E-state index in [0.29, 0.717) is 45.3 Å². The number of amides is 4. The molecule has 8 heteroatoms. The van der Waals surface area contributed by atoms with Crippen molar-refractivity contribution in [3.8, 4) is 0 Å². The van der Waals surface area contributed by atoms with E-state index in [2.05, 4.69) is 5.32 Å². The van der Waals surface area contributed by atoms with Gasteiger partial charge in [-0.05, 0) is 12.8 Å². The fourth-order valence-electron chi connectivity index (χ4n) is 4.52. The molecule has 28 heavy (non-hydrogen) atoms. The first kappa shape index (κ1) is 20.6. The summed E-state index contributed by atoms with van der Waals surface area (Å²) in [5.74, 6) is -0.307. The van der Waals surface area contributed by atoms with Gasteiger partial charge >= 0.3 is 0 Å². The second-order valence-electron chi connectivity index (χ2n) is 8.17. The van der Waals surface area contributed by atoms with E-state index in [4.69, 9.17) is 0 Å². The van der Waals surface area contributed by atoms with Gasteiger partial charge in [-0.15, -0.1) is 0 Å². The Hall–Kier alpha value is -2.12. The average Bonchev–Trinajstić information content (AvgIpc) is 3.10. The third-order valence-electron chi connectivity index (χ3n) is 6.26. The van der Waals surface area contributed by atoms with Crippen LogP contribution in [0.4, 0.5) is 0 Å². The molecule has 1 unspecified atom stereocenters. The number of hydrogen-bond acceptors (Lipinski definition) is 4. The van der Waals surface area contributed by atoms with Crippen molar-refractivity contribution in [3.05, 3.63) is 0 Å². The summed E-state index contributed by atoms with van der Waals surface area (Å²) < 4.78 is 0. The summed E-state index contributed by atoms with van der Waals surface area (Å²) in [5, 5.41) is 2.84. The van der Waals surface area contributed by atoms with E-state index in [1.807, 2.05) is 4.90 Å². The fourth-order valence-corrected chi connectivity index (χ4v) is 4.52. The Morgan fingerprint density at radius 3 is 2.29 bits per heavy atom. The lowest BCUT2D eigenvalue weighted by Crippen LogP contribution is -2.50. The zero-order valence-corrected chi connectivity index (χ0v) is 16.8. The minimum atomic E-state index is -0.302. The second kappa shape index (κ2) is 9.39. The summed E-state index contributed by atoms with van der Waals surface area (Å²) in [4.78, 5) is 53.8. The third-order valence-corrected chi connectivity index (χ3v) is 6.26. The van der Waals surface area contributed by atoms with Crippen LogP contribution in [-0.4, -0.2) is 83.6 Å². The molecule has 2 aliphatic heterocycles. The van der Waals surface area contributed by atoms with Crippen molar-refractivity contribution in [1.82, 2.24) is 20.0 Å². The molecule has 8 nitrogen and oxygen atoms in total. The van der Waals surface area contributed by atoms with Crippen molar-refractivity contribution in [3.63, 3.8) is 0 Å². The van der Waals surface area contributed by atoms with Gasteiger partial charge in [0, 0.05) is 65.1 Å². The van der Waals surface area contributed by atoms with Crippen molar-refractivity contribution >= 4 is 23.6 Å². The molecule has 1 atom stereocenters. The summed E-state index contributed by atoms with van der Waals surface area (Å²) in [6, 6.07) is 0.300. The number of nitrogens with zero attached hydrogens (tertiary/aromatic N) is 3. The Kier molecular flexibility index (Phi) is 6.91. The van der Waals surface area contributed by atoms with Crippen LogP contribution in [0.3, 0.4) is 0 Å². The van der Waals surface area contributed by atoms with Crippen LogP contribution in [0, 0.1) is 5.92 Å². The Morgan fingerprint density at radius 1 is 1.00 bits per heavy atom. The third kappa shape index (κ3) is 5.02. The van der Waals surface area contributed by atoms with Crippen LogP contribution in [0.25, 0.3) is 0 Å². The molecular formula is C20H32N4O4. The molecule has 156 valence electrons. The maximum Gasteiger partial charge on any atom is 0.225 e. The van der Waals surface area contributed by atoms with Crippen molar-refractivity contribution < 1.29 is 19.2 Å². The van der Waals surface area contributed by atoms with E-state index in [9.17, 15) is 19.2 Å². The minimum Gasteiger partial charge on any atom is -0.355 e. The van der Waals surface area contributed by atoms with Crippen LogP contribution in [0.5, 0.6) is 0 Å². The maximum atomic E-state index is 12.4. The normalized spacial score (nSPS) is 23.8. The SMILES string of the molecule is CC(=O)N1CCN(C(=O)CCNC(=O)C2CC(=O)N(C3CCCCC3)C2)CC1. The van der Waals surface area contributed by atoms with E-state index in [1.165, 1.54) is 13.3 Å². The molecule has 0 aromatic heterocycles. The Morgan fingerprint density at radius 2 is 1.64 bits per heavy atom. The van der Waals surface area contributed by atoms with Gasteiger partial charge in [0.1, 0.15) is 0 Å². The molecule has 3 fully saturated rings. The van der Waals surface area contributed by atoms with E-state index in [-0.39, 0.29) is 42.4 Å². The highest BCUT2D eigenvalue weighted by molar-refractivity contribution is 5.89. The van der Waals surface area contributed by atoms with E-state index in [1.54, 1.807) is 9.80 Å². The smallest absolute Gasteiger partial charge is 0.225 e. The fraction of sp³-hybridized carbons (Fsp3) is 0.800. The average molecular weight is 393 g/mol. The Labute approximate surface area is 166 Å². The lowest BCUT2D eigenvalue weighted by atomic mass is 9.94. The summed E-state index contributed by atoms with van der Waals surface area (Å²) in [7, 11) is 0. The van der Waals surface area contributed by atoms with Gasteiger partial charge in [0.15, 0.2) is 0 Å². The molecule has 0 aromatic rings. The van der Waals surface area contributed by atoms with E-state index >= 15 is 0 Å². The zero-order valence-electron chi connectivity index (χ0n) is 16.8. The second-order valence-corrected chi connectivity index (χ2v) is 8.17. The van der Waals surface area contributed by atoms with Gasteiger partial charge in [-0.25, -0.2) is 0 Å². The molecule has 1 N–H and O–H groups in total. The predicted octanol–water partition coefficient (Wildman–Crippen LogP) is 0.365. The number of nitrogens with one attached hydrogen (secondary N) is 1. The largest absolute Gasteiger partial charge is 0.355 e. The number of rotatable bonds is 5. The van der Waals surface area contributed by atoms with Crippen LogP contribution in [-0.2, 0) is 19.2 Å². The summed E-state index contributed by atoms with van der Waals surface area (Å²) in [6.07, 6.45) is 6.18. The van der Waals surface area contributed by atoms with Crippen molar-refractivity contribution in [1.29, 1.82) is 0 Å². The van der Waals surface area contributed by atoms with Gasteiger partial charge in [-0.2, -0.15) is 0 Å². The molecule has 0 radical (unpaired) electrons. The molecule has 0 aromatic carbocycles. The van der Waals surface area contributed by atoms with Crippen molar-refractivity contribution in [2.75, 3.05) is 39.3 Å². The van der Waals surface area contributed by atoms with Gasteiger partial charge in [0.05, 0.1) is 5.92 Å². The van der Waals surface area contributed by atoms with Gasteiger partial charge < -0.3 is 20.0 Å². The lowest BCUT2D eigenvalue weighted by molar-refractivity contribution is -0.138. The molecule has 2 saturated heterocycles. The number of carbonyl (C=O) groups excluding carboxylic acids is 4. The Bertz CT molecular complexity index is 609. The summed E-state index contributed by atoms with van der Waals surface area (Å²) in [6.45, 7) is 4.55. The highest BCUT2D eigenvalue weighted by atomic mass is 16.2. The van der Waals surface area contributed by atoms with Gasteiger partial charge in [-0.3, -0.25) is 19.2 Å². The quantitative estimate of drug-likeness (QED) is 0.732. The van der Waals surface area contributed by atoms with Crippen molar-refractivity contribution in [2.24, 2.45) is 5.92 Å². The van der Waals surface area contributed by atoms with Crippen molar-refractivity contribution in [2.45, 2.75) is 57.9 Å². The summed E-state index contributed by atoms with van der Waals surface area (Å²) in [5.41, 5.74) is 0. The van der Waals surface area contributed by atoms with Gasteiger partial charge in [-0.1, -0.05) is 19.3 Å². The van der Waals surface area contributed by atoms with Crippen LogP contribution < -0.4 is 5.32 Å². The number of hydrogen-bond donors (Lipinski definition) is 1. The monoisotopic (exact) mass is 392 g/mol. The maximum absolute atomic E-state index is 12.4. The first-order chi connectivity index (χ1) is 13.5. The molecule has 2 heterocycles. The molecule has 0 bridgehead atoms. The molecule has 1 saturated carbocycles. The number of piperazine rings is 1. The van der Waals surface area contributed by atoms with Crippen LogP contribution in [0.15, 0.2) is 0 Å². The molecule has 3 aliphatic rings. The van der Waals surface area contributed by atoms with Gasteiger partial charge in [0.25, 0.3) is 0 Å². The highest BCUT2D eigenvalue weighted by Gasteiger charge is 2.38. The number of likely N-dealkylation sites (tertiary alicyclic amines) is 1. The Balaban J connectivity index is 1.37. The zero-order chi connectivity index (χ0) is 20.1. The lowest BCUT2D eigenvalue weighted by Gasteiger charge is -2.34. The molecule has 1 aliphatic carbocycles. The van der Waals surface area contributed by atoms with E-state index < -0.39 is 0 Å². The highest BCUT2D eigenvalue weighted by Crippen LogP contribution is 2.28.